The third kappa shape index (κ3) is 8.69. The summed E-state index contributed by atoms with van der Waals surface area (Å²) in [4.78, 5) is 90.8. The third-order valence-electron chi connectivity index (χ3n) is 9.51. The van der Waals surface area contributed by atoms with Crippen LogP contribution in [0, 0.1) is 0 Å². The van der Waals surface area contributed by atoms with Gasteiger partial charge in [-0.15, -0.1) is 5.06 Å². The molecule has 4 heterocycles. The molecule has 18 heteroatoms. The number of nitrogens with zero attached hydrogens (tertiary/aromatic N) is 5. The van der Waals surface area contributed by atoms with Gasteiger partial charge in [0.2, 0.25) is 0 Å². The predicted molar refractivity (Wildman–Crippen MR) is 218 cm³/mol. The number of carbonyl (C=O) groups excluding carboxylic acids is 6. The third-order valence-corrected chi connectivity index (χ3v) is 9.51. The maximum absolute atomic E-state index is 15.4. The smallest absolute Gasteiger partial charge is 0.482 e. The fourth-order valence-electron chi connectivity index (χ4n) is 6.57. The number of imide groups is 2. The van der Waals surface area contributed by atoms with Crippen LogP contribution >= 0.6 is 0 Å². The second-order valence-corrected chi connectivity index (χ2v) is 13.6. The van der Waals surface area contributed by atoms with Gasteiger partial charge >= 0.3 is 19.3 Å². The highest BCUT2D eigenvalue weighted by molar-refractivity contribution is 6.43. The van der Waals surface area contributed by atoms with Crippen molar-refractivity contribution in [2.75, 3.05) is 13.2 Å². The van der Waals surface area contributed by atoms with E-state index in [0.717, 1.165) is 22.2 Å². The zero-order valence-corrected chi connectivity index (χ0v) is 32.2. The number of hydrogen-bond donors (Lipinski definition) is 0. The average Bonchev–Trinajstić information content (AvgIpc) is 4.05. The maximum atomic E-state index is 15.4. The van der Waals surface area contributed by atoms with Crippen molar-refractivity contribution in [2.45, 2.75) is 12.8 Å². The Morgan fingerprint density at radius 2 is 1.16 bits per heavy atom. The molecular weight excluding hydrogens is 807 g/mol. The summed E-state index contributed by atoms with van der Waals surface area (Å²) in [6.07, 6.45) is 3.62. The van der Waals surface area contributed by atoms with Gasteiger partial charge in [0.15, 0.2) is 19.0 Å². The molecule has 4 aromatic carbocycles. The molecule has 0 bridgehead atoms. The number of hydrogen-bond acceptors (Lipinski definition) is 11. The first-order valence-electron chi connectivity index (χ1n) is 18.9. The van der Waals surface area contributed by atoms with E-state index in [-0.39, 0.29) is 41.7 Å². The van der Waals surface area contributed by atoms with E-state index in [1.165, 1.54) is 12.1 Å². The number of benzene rings is 4. The van der Waals surface area contributed by atoms with Crippen LogP contribution in [0.25, 0.3) is 28.0 Å². The van der Waals surface area contributed by atoms with E-state index in [1.54, 1.807) is 78.9 Å². The van der Waals surface area contributed by atoms with Gasteiger partial charge in [-0.05, 0) is 77.4 Å². The van der Waals surface area contributed by atoms with Gasteiger partial charge < -0.3 is 23.6 Å². The number of ether oxygens (including phenoxy) is 2. The Morgan fingerprint density at radius 3 is 1.71 bits per heavy atom. The fourth-order valence-corrected chi connectivity index (χ4v) is 6.57. The van der Waals surface area contributed by atoms with Gasteiger partial charge in [-0.25, -0.2) is 19.6 Å². The number of aliphatic imine (C=N–C) groups is 2. The molecule has 0 N–H and O–H groups in total. The Bertz CT molecular complexity index is 2700. The van der Waals surface area contributed by atoms with Crippen molar-refractivity contribution >= 4 is 65.9 Å². The summed E-state index contributed by atoms with van der Waals surface area (Å²) in [5.74, 6) is -4.22. The van der Waals surface area contributed by atoms with E-state index in [0.29, 0.717) is 43.7 Å². The Balaban J connectivity index is 1.08. The molecule has 3 aliphatic rings. The Labute approximate surface area is 350 Å². The monoisotopic (exact) mass is 837 g/mol. The number of rotatable bonds is 14. The van der Waals surface area contributed by atoms with E-state index in [4.69, 9.17) is 29.1 Å². The average molecular weight is 838 g/mol. The summed E-state index contributed by atoms with van der Waals surface area (Å²) in [5.41, 5.74) is 3.86. The molecular formula is C44H30BF2N5O10. The molecule has 0 aliphatic carbocycles. The summed E-state index contributed by atoms with van der Waals surface area (Å²) in [5, 5.41) is 0.746. The number of hydroxylamine groups is 4. The highest BCUT2D eigenvalue weighted by Gasteiger charge is 2.34. The van der Waals surface area contributed by atoms with Crippen LogP contribution < -0.4 is 9.47 Å². The normalized spacial score (nSPS) is 15.3. The van der Waals surface area contributed by atoms with Gasteiger partial charge in [0.1, 0.15) is 17.3 Å². The molecule has 5 aromatic rings. The fraction of sp³-hybridized carbons (Fsp3) is 0.0909. The van der Waals surface area contributed by atoms with Crippen LogP contribution in [-0.4, -0.2) is 82.3 Å². The van der Waals surface area contributed by atoms with Crippen LogP contribution in [0.5, 0.6) is 11.5 Å². The molecule has 1 aromatic heterocycles. The van der Waals surface area contributed by atoms with Crippen LogP contribution in [0.15, 0.2) is 143 Å². The minimum atomic E-state index is -3.06. The number of halogens is 2. The van der Waals surface area contributed by atoms with Crippen molar-refractivity contribution in [3.05, 3.63) is 145 Å². The zero-order chi connectivity index (χ0) is 43.3. The van der Waals surface area contributed by atoms with Crippen molar-refractivity contribution in [3.8, 4) is 33.9 Å². The molecule has 62 heavy (non-hydrogen) atoms. The first-order chi connectivity index (χ1) is 30.0. The number of carbonyl (C=O) groups is 6. The quantitative estimate of drug-likeness (QED) is 0.0959. The standard InChI is InChI=1S/C44H30BF2N5O10/c46-45(47)50-36(30-13-17-32(18-14-30)60-26-42(58)62-52-39(55)21-22-40(52)56)24-34(28-9-5-2-6-10-28)44(50)49-43-33(27-7-3-1-4-8-27)23-35(48-43)29-11-15-31(16-12-29)59-25-41(57)61-51-37(53)19-20-38(51)54/h1-20,23-24H,21-22,25-26H2/b49-43-. The number of amidine groups is 1. The van der Waals surface area contributed by atoms with Crippen LogP contribution in [0.3, 0.4) is 0 Å². The molecule has 0 atom stereocenters. The number of aromatic nitrogens is 1. The highest BCUT2D eigenvalue weighted by atomic mass is 19.2. The number of allylic oxidation sites excluding steroid dienone is 1. The second kappa shape index (κ2) is 17.5. The van der Waals surface area contributed by atoms with E-state index >= 15 is 8.63 Å². The molecule has 3 aliphatic heterocycles. The van der Waals surface area contributed by atoms with Crippen LogP contribution in [-0.2, 0) is 38.4 Å². The van der Waals surface area contributed by atoms with Crippen LogP contribution in [0.4, 0.5) is 14.4 Å². The molecule has 0 spiro atoms. The lowest BCUT2D eigenvalue weighted by molar-refractivity contribution is -0.198. The summed E-state index contributed by atoms with van der Waals surface area (Å²) < 4.78 is 42.6. The van der Waals surface area contributed by atoms with Crippen LogP contribution in [0.2, 0.25) is 0 Å². The zero-order valence-electron chi connectivity index (χ0n) is 32.2. The Morgan fingerprint density at radius 1 is 0.645 bits per heavy atom. The minimum absolute atomic E-state index is 0.0557. The van der Waals surface area contributed by atoms with Crippen molar-refractivity contribution < 1.29 is 56.5 Å². The van der Waals surface area contributed by atoms with Gasteiger partial charge in [-0.2, -0.15) is 0 Å². The second-order valence-electron chi connectivity index (χ2n) is 13.6. The van der Waals surface area contributed by atoms with Gasteiger partial charge in [-0.3, -0.25) is 27.8 Å². The SMILES string of the molecule is O=C(COc1ccc(C2=N/C(=N\c3c(-c4ccccc4)cc(-c4ccc(OCC(=O)ON5C(=O)CCC5=O)cc4)n3B(F)F)C(c3ccccc3)=C2)cc1)ON1C(=O)C=CC1=O. The van der Waals surface area contributed by atoms with Gasteiger partial charge in [0, 0.05) is 47.4 Å². The Kier molecular flexibility index (Phi) is 11.4. The number of amides is 4. The first kappa shape index (κ1) is 40.5. The molecule has 0 saturated carbocycles. The molecule has 0 radical (unpaired) electrons. The molecule has 8 rings (SSSR count). The minimum Gasteiger partial charge on any atom is -0.482 e. The predicted octanol–water partition coefficient (Wildman–Crippen LogP) is 5.96. The topological polar surface area (TPSA) is 175 Å². The Hall–Kier alpha value is -8.28. The largest absolute Gasteiger partial charge is 0.679 e. The molecule has 0 unspecified atom stereocenters. The van der Waals surface area contributed by atoms with Gasteiger partial charge in [-0.1, -0.05) is 65.7 Å². The molecule has 15 nitrogen and oxygen atoms in total. The molecule has 308 valence electrons. The van der Waals surface area contributed by atoms with E-state index in [1.807, 2.05) is 30.3 Å². The summed E-state index contributed by atoms with van der Waals surface area (Å²) in [7, 11) is -3.06. The van der Waals surface area contributed by atoms with Crippen LogP contribution in [0.1, 0.15) is 24.0 Å². The molecule has 1 saturated heterocycles. The molecule has 4 amide bonds. The lowest BCUT2D eigenvalue weighted by atomic mass is 10.0. The highest BCUT2D eigenvalue weighted by Crippen LogP contribution is 2.41. The lowest BCUT2D eigenvalue weighted by Gasteiger charge is -2.13. The van der Waals surface area contributed by atoms with E-state index in [2.05, 4.69) is 0 Å². The van der Waals surface area contributed by atoms with Crippen molar-refractivity contribution in [1.82, 2.24) is 14.6 Å². The lowest BCUT2D eigenvalue weighted by Crippen LogP contribution is -2.34. The first-order valence-corrected chi connectivity index (χ1v) is 18.9. The summed E-state index contributed by atoms with van der Waals surface area (Å²) in [6, 6.07) is 32.3. The van der Waals surface area contributed by atoms with Crippen molar-refractivity contribution in [3.63, 3.8) is 0 Å². The summed E-state index contributed by atoms with van der Waals surface area (Å²) in [6.45, 7) is -1.22. The van der Waals surface area contributed by atoms with Crippen molar-refractivity contribution in [2.24, 2.45) is 9.98 Å². The van der Waals surface area contributed by atoms with Gasteiger partial charge in [0.25, 0.3) is 23.6 Å². The van der Waals surface area contributed by atoms with Gasteiger partial charge in [0.05, 0.1) is 5.71 Å². The molecule has 1 fully saturated rings. The van der Waals surface area contributed by atoms with E-state index in [9.17, 15) is 28.8 Å². The summed E-state index contributed by atoms with van der Waals surface area (Å²) >= 11 is 0. The maximum Gasteiger partial charge on any atom is 0.679 e. The van der Waals surface area contributed by atoms with Crippen molar-refractivity contribution in [1.29, 1.82) is 0 Å². The van der Waals surface area contributed by atoms with E-state index < -0.39 is 56.2 Å².